The number of morpholine rings is 1. The second-order valence-electron chi connectivity index (χ2n) is 7.86. The predicted molar refractivity (Wildman–Crippen MR) is 112 cm³/mol. The number of esters is 1. The number of aliphatic hydroxyl groups excluding tert-OH is 1. The lowest BCUT2D eigenvalue weighted by Crippen LogP contribution is -2.49. The highest BCUT2D eigenvalue weighted by Crippen LogP contribution is 2.28. The standard InChI is InChI=1S/C22H32N2O7/c1-28-20-12-16(22(27)29-2)5-6-19(20)31-15-18(25)14-23-7-3-4-17(13-23)21(26)24-8-10-30-11-9-24/h5-6,12,17-18,25H,3-4,7-11,13-15H2,1-2H3. The number of benzene rings is 1. The van der Waals surface area contributed by atoms with Crippen molar-refractivity contribution in [3.05, 3.63) is 23.8 Å². The van der Waals surface area contributed by atoms with Crippen molar-refractivity contribution in [1.29, 1.82) is 0 Å². The van der Waals surface area contributed by atoms with E-state index in [0.717, 1.165) is 19.4 Å². The number of likely N-dealkylation sites (tertiary alicyclic amines) is 1. The van der Waals surface area contributed by atoms with E-state index in [1.807, 2.05) is 4.90 Å². The number of rotatable bonds is 8. The van der Waals surface area contributed by atoms with Gasteiger partial charge in [-0.05, 0) is 37.6 Å². The summed E-state index contributed by atoms with van der Waals surface area (Å²) in [5.41, 5.74) is 0.358. The van der Waals surface area contributed by atoms with Gasteiger partial charge in [-0.2, -0.15) is 0 Å². The lowest BCUT2D eigenvalue weighted by atomic mass is 9.96. The summed E-state index contributed by atoms with van der Waals surface area (Å²) in [6.07, 6.45) is 1.09. The number of carbonyl (C=O) groups is 2. The molecule has 0 bridgehead atoms. The molecule has 0 spiro atoms. The Kier molecular flexibility index (Phi) is 8.51. The second-order valence-corrected chi connectivity index (χ2v) is 7.86. The summed E-state index contributed by atoms with van der Waals surface area (Å²) < 4.78 is 21.1. The SMILES string of the molecule is COC(=O)c1ccc(OCC(O)CN2CCCC(C(=O)N3CCOCC3)C2)c(OC)c1. The number of carbonyl (C=O) groups excluding carboxylic acids is 2. The highest BCUT2D eigenvalue weighted by Gasteiger charge is 2.30. The summed E-state index contributed by atoms with van der Waals surface area (Å²) in [5.74, 6) is 0.522. The first-order chi connectivity index (χ1) is 15.0. The molecule has 31 heavy (non-hydrogen) atoms. The zero-order valence-electron chi connectivity index (χ0n) is 18.2. The molecule has 1 amide bonds. The fourth-order valence-electron chi connectivity index (χ4n) is 4.03. The molecule has 3 rings (SSSR count). The minimum absolute atomic E-state index is 0.0362. The number of methoxy groups -OCH3 is 2. The summed E-state index contributed by atoms with van der Waals surface area (Å²) >= 11 is 0. The number of nitrogens with zero attached hydrogens (tertiary/aromatic N) is 2. The maximum atomic E-state index is 12.8. The Labute approximate surface area is 182 Å². The molecule has 2 fully saturated rings. The van der Waals surface area contributed by atoms with E-state index in [1.54, 1.807) is 18.2 Å². The van der Waals surface area contributed by atoms with Gasteiger partial charge in [0.1, 0.15) is 12.7 Å². The Morgan fingerprint density at radius 1 is 1.19 bits per heavy atom. The molecule has 0 aromatic heterocycles. The summed E-state index contributed by atoms with van der Waals surface area (Å²) in [6, 6.07) is 4.75. The number of piperidine rings is 1. The molecular formula is C22H32N2O7. The van der Waals surface area contributed by atoms with E-state index in [2.05, 4.69) is 4.90 Å². The van der Waals surface area contributed by atoms with E-state index in [-0.39, 0.29) is 18.4 Å². The summed E-state index contributed by atoms with van der Waals surface area (Å²) in [6.45, 7) is 4.50. The van der Waals surface area contributed by atoms with E-state index >= 15 is 0 Å². The third kappa shape index (κ3) is 6.32. The van der Waals surface area contributed by atoms with Crippen LogP contribution < -0.4 is 9.47 Å². The molecule has 2 aliphatic rings. The molecule has 1 aromatic carbocycles. The van der Waals surface area contributed by atoms with Crippen LogP contribution in [0.25, 0.3) is 0 Å². The lowest BCUT2D eigenvalue weighted by molar-refractivity contribution is -0.141. The molecule has 0 aliphatic carbocycles. The third-order valence-corrected chi connectivity index (χ3v) is 5.66. The van der Waals surface area contributed by atoms with Crippen molar-refractivity contribution >= 4 is 11.9 Å². The van der Waals surface area contributed by atoms with E-state index in [9.17, 15) is 14.7 Å². The minimum atomic E-state index is -0.720. The van der Waals surface area contributed by atoms with Crippen LogP contribution in [0.3, 0.4) is 0 Å². The molecule has 2 unspecified atom stereocenters. The molecule has 172 valence electrons. The van der Waals surface area contributed by atoms with E-state index < -0.39 is 12.1 Å². The number of β-amino-alcohol motifs (C(OH)–C–C–N with tert-alkyl or cyclic N) is 1. The van der Waals surface area contributed by atoms with Crippen LogP contribution in [-0.4, -0.2) is 99.7 Å². The Balaban J connectivity index is 1.49. The molecule has 1 N–H and O–H groups in total. The molecule has 0 saturated carbocycles. The fraction of sp³-hybridized carbons (Fsp3) is 0.636. The monoisotopic (exact) mass is 436 g/mol. The van der Waals surface area contributed by atoms with Crippen molar-refractivity contribution < 1.29 is 33.6 Å². The maximum Gasteiger partial charge on any atom is 0.337 e. The maximum absolute atomic E-state index is 12.8. The Bertz CT molecular complexity index is 751. The van der Waals surface area contributed by atoms with Gasteiger partial charge in [0.15, 0.2) is 11.5 Å². The molecule has 9 nitrogen and oxygen atoms in total. The highest BCUT2D eigenvalue weighted by atomic mass is 16.5. The quantitative estimate of drug-likeness (QED) is 0.598. The zero-order valence-corrected chi connectivity index (χ0v) is 18.2. The smallest absolute Gasteiger partial charge is 0.337 e. The number of hydrogen-bond acceptors (Lipinski definition) is 8. The lowest BCUT2D eigenvalue weighted by Gasteiger charge is -2.36. The predicted octanol–water partition coefficient (Wildman–Crippen LogP) is 0.792. The molecule has 2 atom stereocenters. The number of amides is 1. The van der Waals surface area contributed by atoms with Crippen molar-refractivity contribution in [3.8, 4) is 11.5 Å². The van der Waals surface area contributed by atoms with Crippen LogP contribution in [0, 0.1) is 5.92 Å². The van der Waals surface area contributed by atoms with E-state index in [4.69, 9.17) is 18.9 Å². The van der Waals surface area contributed by atoms with Gasteiger partial charge in [-0.1, -0.05) is 0 Å². The van der Waals surface area contributed by atoms with Gasteiger partial charge in [0, 0.05) is 26.2 Å². The van der Waals surface area contributed by atoms with Crippen molar-refractivity contribution in [1.82, 2.24) is 9.80 Å². The van der Waals surface area contributed by atoms with Crippen molar-refractivity contribution in [2.75, 3.05) is 66.8 Å². The molecule has 0 radical (unpaired) electrons. The van der Waals surface area contributed by atoms with Crippen LogP contribution in [0.4, 0.5) is 0 Å². The number of aliphatic hydroxyl groups is 1. The fourth-order valence-corrected chi connectivity index (χ4v) is 4.03. The minimum Gasteiger partial charge on any atom is -0.493 e. The number of hydrogen-bond donors (Lipinski definition) is 1. The van der Waals surface area contributed by atoms with Crippen LogP contribution in [0.15, 0.2) is 18.2 Å². The summed E-state index contributed by atoms with van der Waals surface area (Å²) in [5, 5.41) is 10.5. The van der Waals surface area contributed by atoms with Crippen LogP contribution in [0.1, 0.15) is 23.2 Å². The first-order valence-electron chi connectivity index (χ1n) is 10.7. The van der Waals surface area contributed by atoms with Crippen LogP contribution >= 0.6 is 0 Å². The van der Waals surface area contributed by atoms with Gasteiger partial charge >= 0.3 is 5.97 Å². The molecule has 1 aromatic rings. The van der Waals surface area contributed by atoms with Crippen LogP contribution in [0.5, 0.6) is 11.5 Å². The van der Waals surface area contributed by atoms with Crippen molar-refractivity contribution in [3.63, 3.8) is 0 Å². The Morgan fingerprint density at radius 2 is 1.97 bits per heavy atom. The van der Waals surface area contributed by atoms with E-state index in [0.29, 0.717) is 56.5 Å². The van der Waals surface area contributed by atoms with Crippen molar-refractivity contribution in [2.45, 2.75) is 18.9 Å². The van der Waals surface area contributed by atoms with Gasteiger partial charge < -0.3 is 29.0 Å². The van der Waals surface area contributed by atoms with Gasteiger partial charge in [-0.25, -0.2) is 4.79 Å². The number of ether oxygens (including phenoxy) is 4. The Hall–Kier alpha value is -2.36. The molecule has 2 heterocycles. The topological polar surface area (TPSA) is 97.8 Å². The zero-order chi connectivity index (χ0) is 22.2. The highest BCUT2D eigenvalue weighted by molar-refractivity contribution is 5.90. The third-order valence-electron chi connectivity index (χ3n) is 5.66. The summed E-state index contributed by atoms with van der Waals surface area (Å²) in [4.78, 5) is 28.4. The Morgan fingerprint density at radius 3 is 2.68 bits per heavy atom. The van der Waals surface area contributed by atoms with Crippen LogP contribution in [-0.2, 0) is 14.3 Å². The normalized spacial score (nSPS) is 20.7. The average molecular weight is 437 g/mol. The van der Waals surface area contributed by atoms with Gasteiger partial charge in [-0.15, -0.1) is 0 Å². The molecular weight excluding hydrogens is 404 g/mol. The first kappa shape index (κ1) is 23.3. The van der Waals surface area contributed by atoms with Crippen LogP contribution in [0.2, 0.25) is 0 Å². The van der Waals surface area contributed by atoms with Crippen molar-refractivity contribution in [2.24, 2.45) is 5.92 Å². The second kappa shape index (κ2) is 11.3. The van der Waals surface area contributed by atoms with Gasteiger partial charge in [0.05, 0.1) is 38.9 Å². The molecule has 2 saturated heterocycles. The molecule has 9 heteroatoms. The largest absolute Gasteiger partial charge is 0.493 e. The van der Waals surface area contributed by atoms with Gasteiger partial charge in [-0.3, -0.25) is 9.69 Å². The first-order valence-corrected chi connectivity index (χ1v) is 10.7. The average Bonchev–Trinajstić information content (AvgIpc) is 2.82. The van der Waals surface area contributed by atoms with E-state index in [1.165, 1.54) is 14.2 Å². The van der Waals surface area contributed by atoms with Gasteiger partial charge in [0.25, 0.3) is 0 Å². The summed E-state index contributed by atoms with van der Waals surface area (Å²) in [7, 11) is 2.80. The molecule has 2 aliphatic heterocycles. The van der Waals surface area contributed by atoms with Gasteiger partial charge in [0.2, 0.25) is 5.91 Å².